The van der Waals surface area contributed by atoms with Gasteiger partial charge in [-0.2, -0.15) is 11.3 Å². The number of nitrogens with zero attached hydrogens (tertiary/aromatic N) is 1. The molecule has 1 saturated heterocycles. The predicted molar refractivity (Wildman–Crippen MR) is 126 cm³/mol. The third-order valence-electron chi connectivity index (χ3n) is 6.73. The normalized spacial score (nSPS) is 19.4. The highest BCUT2D eigenvalue weighted by Gasteiger charge is 2.40. The molecule has 7 nitrogen and oxygen atoms in total. The predicted octanol–water partition coefficient (Wildman–Crippen LogP) is 3.15. The quantitative estimate of drug-likeness (QED) is 0.465. The first-order valence-corrected chi connectivity index (χ1v) is 12.9. The summed E-state index contributed by atoms with van der Waals surface area (Å²) in [6.07, 6.45) is 8.17. The summed E-state index contributed by atoms with van der Waals surface area (Å²) in [5.41, 5.74) is 0.591. The van der Waals surface area contributed by atoms with Gasteiger partial charge in [0, 0.05) is 37.0 Å². The Kier molecular flexibility index (Phi) is 9.69. The molecule has 0 spiro atoms. The number of thiophene rings is 1. The molecule has 2 N–H and O–H groups in total. The lowest BCUT2D eigenvalue weighted by Gasteiger charge is -2.43. The molecule has 1 unspecified atom stereocenters. The number of rotatable bonds is 12. The smallest absolute Gasteiger partial charge is 0.252 e. The molecule has 3 rings (SSSR count). The zero-order valence-corrected chi connectivity index (χ0v) is 20.0. The van der Waals surface area contributed by atoms with Crippen LogP contribution in [0, 0.1) is 0 Å². The van der Waals surface area contributed by atoms with Crippen molar-refractivity contribution in [2.24, 2.45) is 0 Å². The molecule has 8 heteroatoms. The average molecular weight is 464 g/mol. The van der Waals surface area contributed by atoms with Gasteiger partial charge in [0.2, 0.25) is 5.91 Å². The number of ether oxygens (including phenoxy) is 1. The van der Waals surface area contributed by atoms with Gasteiger partial charge in [-0.25, -0.2) is 0 Å². The summed E-state index contributed by atoms with van der Waals surface area (Å²) in [6, 6.07) is 1.20. The van der Waals surface area contributed by atoms with Gasteiger partial charge < -0.3 is 20.2 Å². The lowest BCUT2D eigenvalue weighted by atomic mass is 9.94. The van der Waals surface area contributed by atoms with E-state index in [2.05, 4.69) is 15.5 Å². The fourth-order valence-electron chi connectivity index (χ4n) is 4.85. The molecule has 1 aromatic heterocycles. The molecule has 1 aromatic rings. The fourth-order valence-corrected chi connectivity index (χ4v) is 5.49. The molecule has 2 amide bonds. The Morgan fingerprint density at radius 1 is 1.16 bits per heavy atom. The Labute approximate surface area is 195 Å². The van der Waals surface area contributed by atoms with Gasteiger partial charge in [-0.05, 0) is 44.1 Å². The van der Waals surface area contributed by atoms with Gasteiger partial charge in [0.1, 0.15) is 11.8 Å². The lowest BCUT2D eigenvalue weighted by Crippen LogP contribution is -2.59. The van der Waals surface area contributed by atoms with Crippen molar-refractivity contribution in [3.63, 3.8) is 0 Å². The van der Waals surface area contributed by atoms with E-state index in [0.717, 1.165) is 58.4 Å². The van der Waals surface area contributed by atoms with Crippen LogP contribution >= 0.6 is 11.3 Å². The lowest BCUT2D eigenvalue weighted by molar-refractivity contribution is -0.124. The standard InChI is InChI=1S/C24H37N3O4S/c1-19(28)7-3-2-4-8-21(26-22(29)20-9-16-32-17-20)23(30)25-18-24(10-5-6-11-24)27-12-14-31-15-13-27/h9,16-17,21H,2-8,10-15,18H2,1H3,(H,25,30)(H,26,29). The van der Waals surface area contributed by atoms with Crippen LogP contribution in [-0.2, 0) is 14.3 Å². The summed E-state index contributed by atoms with van der Waals surface area (Å²) >= 11 is 1.46. The van der Waals surface area contributed by atoms with Gasteiger partial charge in [-0.1, -0.05) is 25.7 Å². The van der Waals surface area contributed by atoms with Crippen molar-refractivity contribution in [2.45, 2.75) is 76.3 Å². The zero-order chi connectivity index (χ0) is 22.8. The molecular formula is C24H37N3O4S. The van der Waals surface area contributed by atoms with E-state index < -0.39 is 6.04 Å². The Morgan fingerprint density at radius 3 is 2.56 bits per heavy atom. The SMILES string of the molecule is CC(=O)CCCCCC(NC(=O)c1ccsc1)C(=O)NCC1(N2CCOCC2)CCCC1. The van der Waals surface area contributed by atoms with Crippen LogP contribution in [0.3, 0.4) is 0 Å². The van der Waals surface area contributed by atoms with Gasteiger partial charge in [0.25, 0.3) is 5.91 Å². The topological polar surface area (TPSA) is 87.7 Å². The molecular weight excluding hydrogens is 426 g/mol. The Morgan fingerprint density at radius 2 is 1.91 bits per heavy atom. The van der Waals surface area contributed by atoms with Crippen molar-refractivity contribution in [1.29, 1.82) is 0 Å². The van der Waals surface area contributed by atoms with Crippen LogP contribution in [0.15, 0.2) is 16.8 Å². The third kappa shape index (κ3) is 7.12. The van der Waals surface area contributed by atoms with Crippen LogP contribution in [0.25, 0.3) is 0 Å². The monoisotopic (exact) mass is 463 g/mol. The number of hydrogen-bond donors (Lipinski definition) is 2. The summed E-state index contributed by atoms with van der Waals surface area (Å²) in [5.74, 6) is -0.131. The van der Waals surface area contributed by atoms with Crippen LogP contribution in [-0.4, -0.2) is 66.9 Å². The molecule has 0 aromatic carbocycles. The number of Topliss-reactive ketones (excluding diaryl/α,β-unsaturated/α-hetero) is 1. The van der Waals surface area contributed by atoms with E-state index in [1.54, 1.807) is 18.4 Å². The van der Waals surface area contributed by atoms with E-state index in [1.165, 1.54) is 24.2 Å². The maximum absolute atomic E-state index is 13.2. The maximum Gasteiger partial charge on any atom is 0.252 e. The Balaban J connectivity index is 1.58. The summed E-state index contributed by atoms with van der Waals surface area (Å²) in [6.45, 7) is 5.52. The summed E-state index contributed by atoms with van der Waals surface area (Å²) in [5, 5.41) is 9.78. The highest BCUT2D eigenvalue weighted by atomic mass is 32.1. The number of unbranched alkanes of at least 4 members (excludes halogenated alkanes) is 2. The van der Waals surface area contributed by atoms with Gasteiger partial charge in [-0.3, -0.25) is 14.5 Å². The van der Waals surface area contributed by atoms with E-state index in [-0.39, 0.29) is 23.1 Å². The zero-order valence-electron chi connectivity index (χ0n) is 19.2. The maximum atomic E-state index is 13.2. The number of amides is 2. The van der Waals surface area contributed by atoms with E-state index in [9.17, 15) is 14.4 Å². The average Bonchev–Trinajstić information content (AvgIpc) is 3.50. The second kappa shape index (κ2) is 12.5. The van der Waals surface area contributed by atoms with Gasteiger partial charge >= 0.3 is 0 Å². The van der Waals surface area contributed by atoms with Crippen molar-refractivity contribution >= 4 is 28.9 Å². The number of carbonyl (C=O) groups is 3. The second-order valence-electron chi connectivity index (χ2n) is 9.09. The largest absolute Gasteiger partial charge is 0.379 e. The van der Waals surface area contributed by atoms with Crippen molar-refractivity contribution < 1.29 is 19.1 Å². The molecule has 32 heavy (non-hydrogen) atoms. The second-order valence-corrected chi connectivity index (χ2v) is 9.87. The molecule has 0 bridgehead atoms. The van der Waals surface area contributed by atoms with Crippen LogP contribution < -0.4 is 10.6 Å². The van der Waals surface area contributed by atoms with Crippen LogP contribution in [0.1, 0.15) is 75.1 Å². The summed E-state index contributed by atoms with van der Waals surface area (Å²) < 4.78 is 5.53. The van der Waals surface area contributed by atoms with Crippen molar-refractivity contribution in [3.8, 4) is 0 Å². The van der Waals surface area contributed by atoms with Crippen LogP contribution in [0.2, 0.25) is 0 Å². The number of ketones is 1. The van der Waals surface area contributed by atoms with Crippen molar-refractivity contribution in [2.75, 3.05) is 32.8 Å². The molecule has 1 aliphatic heterocycles. The van der Waals surface area contributed by atoms with Gasteiger partial charge in [0.05, 0.1) is 18.8 Å². The van der Waals surface area contributed by atoms with E-state index in [0.29, 0.717) is 24.9 Å². The highest BCUT2D eigenvalue weighted by Crippen LogP contribution is 2.35. The molecule has 1 aliphatic carbocycles. The summed E-state index contributed by atoms with van der Waals surface area (Å²) in [7, 11) is 0. The van der Waals surface area contributed by atoms with Crippen LogP contribution in [0.4, 0.5) is 0 Å². The van der Waals surface area contributed by atoms with E-state index in [4.69, 9.17) is 4.74 Å². The fraction of sp³-hybridized carbons (Fsp3) is 0.708. The molecule has 1 saturated carbocycles. The molecule has 0 radical (unpaired) electrons. The molecule has 2 heterocycles. The minimum Gasteiger partial charge on any atom is -0.379 e. The first-order chi connectivity index (χ1) is 15.5. The number of carbonyl (C=O) groups excluding carboxylic acids is 3. The minimum atomic E-state index is -0.567. The van der Waals surface area contributed by atoms with Crippen LogP contribution in [0.5, 0.6) is 0 Å². The van der Waals surface area contributed by atoms with E-state index >= 15 is 0 Å². The number of hydrogen-bond acceptors (Lipinski definition) is 6. The number of nitrogens with one attached hydrogen (secondary N) is 2. The highest BCUT2D eigenvalue weighted by molar-refractivity contribution is 7.08. The first kappa shape index (κ1) is 24.9. The summed E-state index contributed by atoms with van der Waals surface area (Å²) in [4.78, 5) is 39.5. The molecule has 178 valence electrons. The first-order valence-electron chi connectivity index (χ1n) is 11.9. The Hall–Kier alpha value is -1.77. The third-order valence-corrected chi connectivity index (χ3v) is 7.42. The van der Waals surface area contributed by atoms with Crippen molar-refractivity contribution in [1.82, 2.24) is 15.5 Å². The van der Waals surface area contributed by atoms with E-state index in [1.807, 2.05) is 5.38 Å². The Bertz CT molecular complexity index is 740. The van der Waals surface area contributed by atoms with Gasteiger partial charge in [-0.15, -0.1) is 0 Å². The number of morpholine rings is 1. The minimum absolute atomic E-state index is 0.00282. The van der Waals surface area contributed by atoms with Crippen molar-refractivity contribution in [3.05, 3.63) is 22.4 Å². The molecule has 2 aliphatic rings. The molecule has 2 fully saturated rings. The molecule has 1 atom stereocenters. The van der Waals surface area contributed by atoms with Gasteiger partial charge in [0.15, 0.2) is 0 Å².